The molecule has 2 rings (SSSR count). The third kappa shape index (κ3) is 7.98. The topological polar surface area (TPSA) is 113 Å². The largest absolute Gasteiger partial charge is 0.493 e. The highest BCUT2D eigenvalue weighted by Crippen LogP contribution is 2.32. The predicted octanol–water partition coefficient (Wildman–Crippen LogP) is 3.97. The Morgan fingerprint density at radius 3 is 2.38 bits per heavy atom. The normalized spacial score (nSPS) is 13.4. The summed E-state index contributed by atoms with van der Waals surface area (Å²) in [4.78, 5) is 42.0. The average Bonchev–Trinajstić information content (AvgIpc) is 2.84. The maximum absolute atomic E-state index is 13.8. The molecule has 0 aliphatic rings. The van der Waals surface area contributed by atoms with Crippen LogP contribution in [0.3, 0.4) is 0 Å². The van der Waals surface area contributed by atoms with Crippen LogP contribution in [0.1, 0.15) is 61.6 Å². The quantitative estimate of drug-likeness (QED) is 0.420. The lowest BCUT2D eigenvalue weighted by Crippen LogP contribution is -2.42. The number of hydrogen-bond acceptors (Lipinski definition) is 8. The van der Waals surface area contributed by atoms with E-state index in [1.807, 2.05) is 13.8 Å². The number of rotatable bonds is 12. The van der Waals surface area contributed by atoms with E-state index in [1.165, 1.54) is 39.5 Å². The van der Waals surface area contributed by atoms with Crippen LogP contribution in [-0.2, 0) is 19.1 Å². The SMILES string of the molecule is COCCC(=O)Oc1c(OC)ccnc1C(=O)N[C@@H](C)C(=O)O[C@@H](C)[C@H](c1ccc(F)c(C)c1)C(C)C. The number of amides is 1. The van der Waals surface area contributed by atoms with E-state index in [1.54, 1.807) is 26.0 Å². The van der Waals surface area contributed by atoms with E-state index in [0.29, 0.717) is 5.56 Å². The number of halogens is 1. The van der Waals surface area contributed by atoms with Crippen LogP contribution in [-0.4, -0.2) is 55.8 Å². The zero-order valence-corrected chi connectivity index (χ0v) is 22.3. The van der Waals surface area contributed by atoms with E-state index in [2.05, 4.69) is 10.3 Å². The maximum Gasteiger partial charge on any atom is 0.328 e. The lowest BCUT2D eigenvalue weighted by atomic mass is 9.84. The molecule has 3 atom stereocenters. The first kappa shape index (κ1) is 29.7. The summed E-state index contributed by atoms with van der Waals surface area (Å²) < 4.78 is 34.9. The van der Waals surface area contributed by atoms with Crippen LogP contribution in [0.2, 0.25) is 0 Å². The van der Waals surface area contributed by atoms with E-state index >= 15 is 0 Å². The van der Waals surface area contributed by atoms with Crippen molar-refractivity contribution < 1.29 is 37.7 Å². The van der Waals surface area contributed by atoms with E-state index in [9.17, 15) is 18.8 Å². The first-order chi connectivity index (χ1) is 17.5. The predicted molar refractivity (Wildman–Crippen MR) is 134 cm³/mol. The second kappa shape index (κ2) is 13.7. The highest BCUT2D eigenvalue weighted by molar-refractivity contribution is 5.98. The molecule has 10 heteroatoms. The number of benzene rings is 1. The summed E-state index contributed by atoms with van der Waals surface area (Å²) in [6.45, 7) is 9.03. The fourth-order valence-corrected chi connectivity index (χ4v) is 3.96. The molecule has 0 bridgehead atoms. The number of aromatic nitrogens is 1. The van der Waals surface area contributed by atoms with Crippen molar-refractivity contribution in [3.63, 3.8) is 0 Å². The van der Waals surface area contributed by atoms with Crippen molar-refractivity contribution in [1.82, 2.24) is 10.3 Å². The second-order valence-electron chi connectivity index (χ2n) is 9.02. The maximum atomic E-state index is 13.8. The van der Waals surface area contributed by atoms with Crippen LogP contribution in [0.25, 0.3) is 0 Å². The van der Waals surface area contributed by atoms with E-state index in [4.69, 9.17) is 18.9 Å². The van der Waals surface area contributed by atoms with E-state index in [0.717, 1.165) is 5.56 Å². The molecule has 0 saturated heterocycles. The van der Waals surface area contributed by atoms with Crippen LogP contribution in [0.4, 0.5) is 4.39 Å². The van der Waals surface area contributed by atoms with Gasteiger partial charge in [0, 0.05) is 25.3 Å². The van der Waals surface area contributed by atoms with Crippen molar-refractivity contribution in [2.24, 2.45) is 5.92 Å². The molecule has 9 nitrogen and oxygen atoms in total. The van der Waals surface area contributed by atoms with Gasteiger partial charge in [-0.3, -0.25) is 9.59 Å². The van der Waals surface area contributed by atoms with Gasteiger partial charge in [0.15, 0.2) is 11.4 Å². The van der Waals surface area contributed by atoms with Gasteiger partial charge < -0.3 is 24.3 Å². The Labute approximate surface area is 216 Å². The molecule has 1 heterocycles. The van der Waals surface area contributed by atoms with Gasteiger partial charge in [-0.2, -0.15) is 0 Å². The summed E-state index contributed by atoms with van der Waals surface area (Å²) in [5.41, 5.74) is 1.14. The molecule has 1 N–H and O–H groups in total. The number of aryl methyl sites for hydroxylation is 1. The minimum absolute atomic E-state index is 0.0409. The fraction of sp³-hybridized carbons (Fsp3) is 0.481. The molecule has 37 heavy (non-hydrogen) atoms. The Bertz CT molecular complexity index is 1110. The van der Waals surface area contributed by atoms with Gasteiger partial charge in [-0.1, -0.05) is 26.0 Å². The molecule has 2 aromatic rings. The molecule has 1 amide bonds. The number of carbonyl (C=O) groups excluding carboxylic acids is 3. The van der Waals surface area contributed by atoms with Crippen molar-refractivity contribution >= 4 is 17.8 Å². The number of pyridine rings is 1. The third-order valence-corrected chi connectivity index (χ3v) is 5.82. The molecule has 0 unspecified atom stereocenters. The van der Waals surface area contributed by atoms with Gasteiger partial charge in [-0.25, -0.2) is 14.2 Å². The van der Waals surface area contributed by atoms with Gasteiger partial charge in [0.05, 0.1) is 20.1 Å². The Morgan fingerprint density at radius 1 is 1.08 bits per heavy atom. The summed E-state index contributed by atoms with van der Waals surface area (Å²) in [6, 6.07) is 5.24. The summed E-state index contributed by atoms with van der Waals surface area (Å²) in [7, 11) is 2.81. The molecule has 0 aliphatic carbocycles. The van der Waals surface area contributed by atoms with Gasteiger partial charge in [0.25, 0.3) is 5.91 Å². The number of hydrogen-bond donors (Lipinski definition) is 1. The minimum Gasteiger partial charge on any atom is -0.493 e. The van der Waals surface area contributed by atoms with Gasteiger partial charge in [0.1, 0.15) is 18.0 Å². The lowest BCUT2D eigenvalue weighted by Gasteiger charge is -2.29. The molecule has 1 aromatic heterocycles. The summed E-state index contributed by atoms with van der Waals surface area (Å²) in [5, 5.41) is 2.54. The number of methoxy groups -OCH3 is 2. The molecular weight excluding hydrogens is 483 g/mol. The molecule has 0 aliphatic heterocycles. The molecule has 0 saturated carbocycles. The Hall–Kier alpha value is -3.53. The molecule has 0 fully saturated rings. The van der Waals surface area contributed by atoms with Crippen LogP contribution in [0.15, 0.2) is 30.5 Å². The monoisotopic (exact) mass is 518 g/mol. The summed E-state index contributed by atoms with van der Waals surface area (Å²) in [5.74, 6) is -2.49. The fourth-order valence-electron chi connectivity index (χ4n) is 3.96. The Morgan fingerprint density at radius 2 is 1.78 bits per heavy atom. The summed E-state index contributed by atoms with van der Waals surface area (Å²) >= 11 is 0. The Kier molecular flexibility index (Phi) is 11.0. The zero-order chi connectivity index (χ0) is 27.7. The molecule has 1 aromatic carbocycles. The van der Waals surface area contributed by atoms with E-state index in [-0.39, 0.29) is 47.9 Å². The van der Waals surface area contributed by atoms with Crippen molar-refractivity contribution in [2.75, 3.05) is 20.8 Å². The van der Waals surface area contributed by atoms with E-state index < -0.39 is 30.0 Å². The van der Waals surface area contributed by atoms with Crippen molar-refractivity contribution in [1.29, 1.82) is 0 Å². The van der Waals surface area contributed by atoms with Crippen LogP contribution >= 0.6 is 0 Å². The smallest absolute Gasteiger partial charge is 0.328 e. The molecular formula is C27H35FN2O7. The number of nitrogens with one attached hydrogen (secondary N) is 1. The summed E-state index contributed by atoms with van der Waals surface area (Å²) in [6.07, 6.45) is 0.730. The van der Waals surface area contributed by atoms with Gasteiger partial charge in [0.2, 0.25) is 5.75 Å². The second-order valence-corrected chi connectivity index (χ2v) is 9.02. The lowest BCUT2D eigenvalue weighted by molar-refractivity contribution is -0.151. The number of nitrogens with zero attached hydrogens (tertiary/aromatic N) is 1. The standard InChI is InChI=1S/C27H35FN2O7/c1-15(2)23(19-8-9-20(28)16(3)14-19)18(5)36-27(33)17(4)30-26(32)24-25(21(35-7)10-12-29-24)37-22(31)11-13-34-6/h8-10,12,14-15,17-18,23H,11,13H2,1-7H3,(H,30,32)/t17-,18-,23+/m0/s1. The molecule has 0 spiro atoms. The number of esters is 2. The Balaban J connectivity index is 2.15. The molecule has 202 valence electrons. The number of ether oxygens (including phenoxy) is 4. The van der Waals surface area contributed by atoms with Crippen LogP contribution < -0.4 is 14.8 Å². The zero-order valence-electron chi connectivity index (χ0n) is 22.3. The number of carbonyl (C=O) groups is 3. The van der Waals surface area contributed by atoms with Crippen LogP contribution in [0, 0.1) is 18.7 Å². The van der Waals surface area contributed by atoms with Crippen molar-refractivity contribution in [2.45, 2.75) is 59.1 Å². The van der Waals surface area contributed by atoms with Gasteiger partial charge >= 0.3 is 11.9 Å². The third-order valence-electron chi connectivity index (χ3n) is 5.82. The highest BCUT2D eigenvalue weighted by atomic mass is 19.1. The first-order valence-electron chi connectivity index (χ1n) is 12.0. The van der Waals surface area contributed by atoms with Crippen LogP contribution in [0.5, 0.6) is 11.5 Å². The van der Waals surface area contributed by atoms with Crippen molar-refractivity contribution in [3.05, 3.63) is 53.1 Å². The van der Waals surface area contributed by atoms with Crippen molar-refractivity contribution in [3.8, 4) is 11.5 Å². The molecule has 0 radical (unpaired) electrons. The minimum atomic E-state index is -1.04. The highest BCUT2D eigenvalue weighted by Gasteiger charge is 2.30. The average molecular weight is 519 g/mol. The van der Waals surface area contributed by atoms with Gasteiger partial charge in [-0.05, 0) is 43.9 Å². The van der Waals surface area contributed by atoms with Gasteiger partial charge in [-0.15, -0.1) is 0 Å². The first-order valence-corrected chi connectivity index (χ1v) is 12.0.